The van der Waals surface area contributed by atoms with Crippen molar-refractivity contribution in [2.45, 2.75) is 25.3 Å². The Kier molecular flexibility index (Phi) is 5.96. The van der Waals surface area contributed by atoms with Crippen LogP contribution in [0.2, 0.25) is 0 Å². The van der Waals surface area contributed by atoms with Crippen molar-refractivity contribution in [1.82, 2.24) is 9.88 Å². The minimum Gasteiger partial charge on any atom is -0.508 e. The number of benzene rings is 1. The fourth-order valence-corrected chi connectivity index (χ4v) is 3.39. The monoisotopic (exact) mass is 398 g/mol. The zero-order valence-corrected chi connectivity index (χ0v) is 15.9. The van der Waals surface area contributed by atoms with E-state index in [4.69, 9.17) is 10.5 Å². The Morgan fingerprint density at radius 2 is 1.97 bits per heavy atom. The number of rotatable bonds is 4. The number of amides is 3. The van der Waals surface area contributed by atoms with Crippen LogP contribution in [0.25, 0.3) is 0 Å². The molecule has 29 heavy (non-hydrogen) atoms. The number of phenolic OH excluding ortho intramolecular Hbond substituents is 1. The van der Waals surface area contributed by atoms with E-state index in [-0.39, 0.29) is 28.9 Å². The number of likely N-dealkylation sites (tertiary alicyclic amines) is 1. The van der Waals surface area contributed by atoms with E-state index in [0.29, 0.717) is 6.54 Å². The summed E-state index contributed by atoms with van der Waals surface area (Å²) >= 11 is 0. The second kappa shape index (κ2) is 8.59. The fraction of sp³-hybridized carbons (Fsp3) is 0.300. The lowest BCUT2D eigenvalue weighted by molar-refractivity contribution is -0.145. The van der Waals surface area contributed by atoms with E-state index in [9.17, 15) is 19.5 Å². The average Bonchev–Trinajstić information content (AvgIpc) is 2.73. The highest BCUT2D eigenvalue weighted by Gasteiger charge is 2.32. The maximum Gasteiger partial charge on any atom is 0.313 e. The highest BCUT2D eigenvalue weighted by atomic mass is 16.5. The van der Waals surface area contributed by atoms with Crippen molar-refractivity contribution in [3.63, 3.8) is 0 Å². The van der Waals surface area contributed by atoms with Crippen LogP contribution < -0.4 is 15.8 Å². The van der Waals surface area contributed by atoms with E-state index in [1.807, 2.05) is 0 Å². The Balaban J connectivity index is 1.78. The molecule has 9 nitrogen and oxygen atoms in total. The van der Waals surface area contributed by atoms with E-state index in [1.165, 1.54) is 24.3 Å². The maximum absolute atomic E-state index is 12.8. The normalized spacial score (nSPS) is 16.2. The largest absolute Gasteiger partial charge is 0.508 e. The van der Waals surface area contributed by atoms with E-state index in [1.54, 1.807) is 24.3 Å². The van der Waals surface area contributed by atoms with Crippen LogP contribution in [0.3, 0.4) is 0 Å². The minimum atomic E-state index is -0.835. The number of hydrogen-bond acceptors (Lipinski definition) is 6. The van der Waals surface area contributed by atoms with Gasteiger partial charge < -0.3 is 25.8 Å². The third-order valence-corrected chi connectivity index (χ3v) is 4.80. The maximum atomic E-state index is 12.8. The molecule has 3 amide bonds. The van der Waals surface area contributed by atoms with Gasteiger partial charge in [-0.15, -0.1) is 0 Å². The molecule has 4 N–H and O–H groups in total. The van der Waals surface area contributed by atoms with Gasteiger partial charge in [-0.05, 0) is 43.0 Å². The van der Waals surface area contributed by atoms with Crippen molar-refractivity contribution in [3.05, 3.63) is 47.7 Å². The number of methoxy groups -OCH3 is 1. The van der Waals surface area contributed by atoms with E-state index >= 15 is 0 Å². The zero-order valence-electron chi connectivity index (χ0n) is 15.9. The number of nitrogens with two attached hydrogens (primary N) is 1. The van der Waals surface area contributed by atoms with Crippen LogP contribution in [0.1, 0.15) is 41.2 Å². The van der Waals surface area contributed by atoms with Crippen LogP contribution in [0.4, 0.5) is 5.69 Å². The second-order valence-corrected chi connectivity index (χ2v) is 6.70. The summed E-state index contributed by atoms with van der Waals surface area (Å²) < 4.78 is 4.96. The molecule has 0 spiro atoms. The zero-order chi connectivity index (χ0) is 21.0. The molecule has 1 aliphatic rings. The van der Waals surface area contributed by atoms with Crippen LogP contribution in [0.5, 0.6) is 11.6 Å². The highest BCUT2D eigenvalue weighted by Crippen LogP contribution is 2.32. The van der Waals surface area contributed by atoms with Crippen LogP contribution in [0.15, 0.2) is 36.5 Å². The Bertz CT molecular complexity index is 929. The molecular formula is C20H22N4O5. The van der Waals surface area contributed by atoms with Gasteiger partial charge in [0.1, 0.15) is 11.3 Å². The van der Waals surface area contributed by atoms with Crippen LogP contribution >= 0.6 is 0 Å². The van der Waals surface area contributed by atoms with Gasteiger partial charge in [0.05, 0.1) is 25.0 Å². The van der Waals surface area contributed by atoms with Crippen LogP contribution in [0, 0.1) is 0 Å². The molecule has 9 heteroatoms. The lowest BCUT2D eigenvalue weighted by atomic mass is 9.95. The average molecular weight is 398 g/mol. The molecule has 1 atom stereocenters. The minimum absolute atomic E-state index is 0.00214. The SMILES string of the molecule is COc1ncc(NC(=O)C(=O)N2CCCC[C@H]2c2ccc(O)cc2)cc1C(N)=O. The Morgan fingerprint density at radius 1 is 1.24 bits per heavy atom. The number of aromatic hydroxyl groups is 1. The summed E-state index contributed by atoms with van der Waals surface area (Å²) in [5, 5.41) is 12.0. The molecule has 0 unspecified atom stereocenters. The van der Waals surface area contributed by atoms with Gasteiger partial charge in [0.25, 0.3) is 5.91 Å². The molecule has 0 bridgehead atoms. The third-order valence-electron chi connectivity index (χ3n) is 4.80. The van der Waals surface area contributed by atoms with Gasteiger partial charge >= 0.3 is 11.8 Å². The molecule has 1 fully saturated rings. The first-order valence-electron chi connectivity index (χ1n) is 9.15. The number of carbonyl (C=O) groups excluding carboxylic acids is 3. The van der Waals surface area contributed by atoms with Crippen LogP contribution in [-0.4, -0.2) is 46.4 Å². The number of pyridine rings is 1. The molecule has 1 saturated heterocycles. The molecule has 0 aliphatic carbocycles. The van der Waals surface area contributed by atoms with Crippen molar-refractivity contribution in [2.24, 2.45) is 5.73 Å². The summed E-state index contributed by atoms with van der Waals surface area (Å²) in [6.07, 6.45) is 3.73. The fourth-order valence-electron chi connectivity index (χ4n) is 3.39. The lowest BCUT2D eigenvalue weighted by Crippen LogP contribution is -2.44. The molecular weight excluding hydrogens is 376 g/mol. The van der Waals surface area contributed by atoms with E-state index in [2.05, 4.69) is 10.3 Å². The number of nitrogens with zero attached hydrogens (tertiary/aromatic N) is 2. The predicted molar refractivity (Wildman–Crippen MR) is 104 cm³/mol. The molecule has 1 aromatic heterocycles. The first-order chi connectivity index (χ1) is 13.9. The van der Waals surface area contributed by atoms with Gasteiger partial charge in [-0.25, -0.2) is 4.98 Å². The molecule has 2 heterocycles. The molecule has 1 aliphatic heterocycles. The van der Waals surface area contributed by atoms with E-state index in [0.717, 1.165) is 24.8 Å². The van der Waals surface area contributed by atoms with Gasteiger partial charge in [-0.3, -0.25) is 14.4 Å². The summed E-state index contributed by atoms with van der Waals surface area (Å²) in [5.74, 6) is -2.11. The molecule has 3 rings (SSSR count). The first kappa shape index (κ1) is 20.1. The summed E-state index contributed by atoms with van der Waals surface area (Å²) in [7, 11) is 1.34. The van der Waals surface area contributed by atoms with Crippen LogP contribution in [-0.2, 0) is 9.59 Å². The number of primary amides is 1. The van der Waals surface area contributed by atoms with Gasteiger partial charge in [0.15, 0.2) is 0 Å². The number of aromatic nitrogens is 1. The standard InChI is InChI=1S/C20H22N4O5/c1-29-19-15(17(21)26)10-13(11-22-19)23-18(27)20(28)24-9-3-2-4-16(24)12-5-7-14(25)8-6-12/h5-8,10-11,16,25H,2-4,9H2,1H3,(H2,21,26)(H,23,27)/t16-/m0/s1. The number of ether oxygens (including phenoxy) is 1. The molecule has 152 valence electrons. The van der Waals surface area contributed by atoms with Gasteiger partial charge in [-0.2, -0.15) is 0 Å². The quantitative estimate of drug-likeness (QED) is 0.670. The summed E-state index contributed by atoms with van der Waals surface area (Å²) in [6, 6.07) is 7.67. The number of carbonyl (C=O) groups is 3. The Morgan fingerprint density at radius 3 is 2.62 bits per heavy atom. The Hall–Kier alpha value is -3.62. The van der Waals surface area contributed by atoms with E-state index < -0.39 is 17.7 Å². The predicted octanol–water partition coefficient (Wildman–Crippen LogP) is 1.59. The third kappa shape index (κ3) is 4.45. The topological polar surface area (TPSA) is 135 Å². The molecule has 2 aromatic rings. The number of piperidine rings is 1. The van der Waals surface area contributed by atoms with Crippen molar-refractivity contribution >= 4 is 23.4 Å². The summed E-state index contributed by atoms with van der Waals surface area (Å²) in [6.45, 7) is 0.450. The number of phenols is 1. The molecule has 0 radical (unpaired) electrons. The van der Waals surface area contributed by atoms with Crippen molar-refractivity contribution < 1.29 is 24.2 Å². The van der Waals surface area contributed by atoms with Gasteiger partial charge in [0.2, 0.25) is 5.88 Å². The number of anilines is 1. The number of nitrogens with one attached hydrogen (secondary N) is 1. The Labute approximate surface area is 167 Å². The lowest BCUT2D eigenvalue weighted by Gasteiger charge is -2.35. The van der Waals surface area contributed by atoms with Gasteiger partial charge in [-0.1, -0.05) is 12.1 Å². The van der Waals surface area contributed by atoms with Crippen molar-refractivity contribution in [1.29, 1.82) is 0 Å². The molecule has 1 aromatic carbocycles. The first-order valence-corrected chi connectivity index (χ1v) is 9.15. The summed E-state index contributed by atoms with van der Waals surface area (Å²) in [5.41, 5.74) is 6.31. The number of hydrogen-bond donors (Lipinski definition) is 3. The van der Waals surface area contributed by atoms with Gasteiger partial charge in [0, 0.05) is 6.54 Å². The second-order valence-electron chi connectivity index (χ2n) is 6.70. The van der Waals surface area contributed by atoms with Crippen molar-refractivity contribution in [2.75, 3.05) is 19.0 Å². The highest BCUT2D eigenvalue weighted by molar-refractivity contribution is 6.39. The molecule has 0 saturated carbocycles. The summed E-state index contributed by atoms with van der Waals surface area (Å²) in [4.78, 5) is 42.4. The smallest absolute Gasteiger partial charge is 0.313 e. The van der Waals surface area contributed by atoms with Crippen molar-refractivity contribution in [3.8, 4) is 11.6 Å².